The molecular weight excluding hydrogens is 196 g/mol. The van der Waals surface area contributed by atoms with E-state index in [1.54, 1.807) is 0 Å². The zero-order valence-corrected chi connectivity index (χ0v) is 9.11. The standard InChI is InChI=1S/C10H14N2O3/c1-6(13)10-7(4-11-12-10)9(2,3)5-15-8(10)14/h7H,4-5H2,1-3H3. The average Bonchev–Trinajstić information content (AvgIpc) is 2.59. The first-order valence-electron chi connectivity index (χ1n) is 4.98. The van der Waals surface area contributed by atoms with E-state index >= 15 is 0 Å². The van der Waals surface area contributed by atoms with Crippen LogP contribution >= 0.6 is 0 Å². The van der Waals surface area contributed by atoms with Crippen LogP contribution in [-0.4, -0.2) is 30.4 Å². The van der Waals surface area contributed by atoms with E-state index in [4.69, 9.17) is 4.74 Å². The van der Waals surface area contributed by atoms with Gasteiger partial charge in [-0.2, -0.15) is 10.2 Å². The Kier molecular flexibility index (Phi) is 1.96. The maximum atomic E-state index is 11.7. The summed E-state index contributed by atoms with van der Waals surface area (Å²) in [6, 6.07) is 0. The molecule has 0 amide bonds. The van der Waals surface area contributed by atoms with Gasteiger partial charge in [0.25, 0.3) is 0 Å². The molecule has 5 heteroatoms. The summed E-state index contributed by atoms with van der Waals surface area (Å²) in [6.07, 6.45) is 0. The molecule has 2 atom stereocenters. The fraction of sp³-hybridized carbons (Fsp3) is 0.800. The third-order valence-corrected chi connectivity index (χ3v) is 3.36. The maximum absolute atomic E-state index is 11.7. The highest BCUT2D eigenvalue weighted by molar-refractivity contribution is 6.08. The van der Waals surface area contributed by atoms with Gasteiger partial charge >= 0.3 is 5.97 Å². The van der Waals surface area contributed by atoms with E-state index in [-0.39, 0.29) is 17.1 Å². The number of ether oxygens (including phenoxy) is 1. The normalized spacial score (nSPS) is 37.3. The van der Waals surface area contributed by atoms with Gasteiger partial charge in [-0.3, -0.25) is 4.79 Å². The summed E-state index contributed by atoms with van der Waals surface area (Å²) in [5.41, 5.74) is -1.61. The van der Waals surface area contributed by atoms with E-state index in [0.29, 0.717) is 13.2 Å². The van der Waals surface area contributed by atoms with Crippen molar-refractivity contribution in [2.75, 3.05) is 13.2 Å². The monoisotopic (exact) mass is 210 g/mol. The van der Waals surface area contributed by atoms with E-state index in [1.807, 2.05) is 13.8 Å². The number of nitrogens with zero attached hydrogens (tertiary/aromatic N) is 2. The van der Waals surface area contributed by atoms with Gasteiger partial charge in [-0.1, -0.05) is 13.8 Å². The molecule has 2 rings (SSSR count). The van der Waals surface area contributed by atoms with Crippen LogP contribution < -0.4 is 0 Å². The van der Waals surface area contributed by atoms with Gasteiger partial charge in [0, 0.05) is 11.3 Å². The van der Waals surface area contributed by atoms with Crippen molar-refractivity contribution in [3.05, 3.63) is 0 Å². The van der Waals surface area contributed by atoms with Crippen LogP contribution in [-0.2, 0) is 14.3 Å². The minimum atomic E-state index is -1.36. The predicted octanol–water partition coefficient (Wildman–Crippen LogP) is 0.979. The van der Waals surface area contributed by atoms with Crippen LogP contribution in [0.3, 0.4) is 0 Å². The molecule has 0 saturated carbocycles. The fourth-order valence-electron chi connectivity index (χ4n) is 2.35. The quantitative estimate of drug-likeness (QED) is 0.478. The number of esters is 1. The Morgan fingerprint density at radius 3 is 2.73 bits per heavy atom. The second kappa shape index (κ2) is 2.87. The van der Waals surface area contributed by atoms with Crippen molar-refractivity contribution in [2.24, 2.45) is 21.6 Å². The van der Waals surface area contributed by atoms with Gasteiger partial charge in [0.15, 0.2) is 5.78 Å². The molecule has 0 N–H and O–H groups in total. The Hall–Kier alpha value is -1.26. The molecule has 2 aliphatic rings. The van der Waals surface area contributed by atoms with Crippen LogP contribution in [0, 0.1) is 11.3 Å². The number of azo groups is 1. The van der Waals surface area contributed by atoms with Crippen molar-refractivity contribution < 1.29 is 14.3 Å². The molecule has 1 saturated heterocycles. The number of ketones is 1. The van der Waals surface area contributed by atoms with Crippen molar-refractivity contribution >= 4 is 11.8 Å². The second-order valence-corrected chi connectivity index (χ2v) is 4.86. The Labute approximate surface area is 87.9 Å². The van der Waals surface area contributed by atoms with Crippen molar-refractivity contribution in [2.45, 2.75) is 26.3 Å². The molecule has 0 aromatic carbocycles. The molecule has 82 valence electrons. The summed E-state index contributed by atoms with van der Waals surface area (Å²) in [5.74, 6) is -0.976. The zero-order chi connectivity index (χ0) is 11.3. The highest BCUT2D eigenvalue weighted by atomic mass is 16.5. The number of rotatable bonds is 1. The highest BCUT2D eigenvalue weighted by Crippen LogP contribution is 2.46. The molecule has 2 aliphatic heterocycles. The summed E-state index contributed by atoms with van der Waals surface area (Å²) in [7, 11) is 0. The molecule has 15 heavy (non-hydrogen) atoms. The Morgan fingerprint density at radius 2 is 2.20 bits per heavy atom. The maximum Gasteiger partial charge on any atom is 0.344 e. The van der Waals surface area contributed by atoms with E-state index < -0.39 is 11.5 Å². The Bertz CT molecular complexity index is 362. The van der Waals surface area contributed by atoms with Crippen LogP contribution in [0.25, 0.3) is 0 Å². The van der Waals surface area contributed by atoms with E-state index in [2.05, 4.69) is 10.2 Å². The average molecular weight is 210 g/mol. The molecule has 1 fully saturated rings. The second-order valence-electron chi connectivity index (χ2n) is 4.86. The van der Waals surface area contributed by atoms with Gasteiger partial charge in [-0.05, 0) is 6.92 Å². The SMILES string of the molecule is CC(=O)C12N=NCC1C(C)(C)COC2=O. The van der Waals surface area contributed by atoms with Crippen molar-refractivity contribution in [1.29, 1.82) is 0 Å². The number of fused-ring (bicyclic) bond motifs is 1. The number of hydrogen-bond acceptors (Lipinski definition) is 5. The minimum absolute atomic E-state index is 0.163. The van der Waals surface area contributed by atoms with Crippen molar-refractivity contribution in [3.8, 4) is 0 Å². The molecule has 2 unspecified atom stereocenters. The van der Waals surface area contributed by atoms with Gasteiger partial charge in [0.05, 0.1) is 13.2 Å². The molecule has 2 heterocycles. The number of carbonyl (C=O) groups is 2. The van der Waals surface area contributed by atoms with Gasteiger partial charge in [-0.25, -0.2) is 4.79 Å². The lowest BCUT2D eigenvalue weighted by molar-refractivity contribution is -0.171. The molecule has 0 spiro atoms. The Balaban J connectivity index is 2.51. The first-order valence-corrected chi connectivity index (χ1v) is 4.98. The van der Waals surface area contributed by atoms with Crippen LogP contribution in [0.15, 0.2) is 10.2 Å². The van der Waals surface area contributed by atoms with Crippen molar-refractivity contribution in [1.82, 2.24) is 0 Å². The van der Waals surface area contributed by atoms with Gasteiger partial charge < -0.3 is 4.74 Å². The van der Waals surface area contributed by atoms with Crippen LogP contribution in [0.2, 0.25) is 0 Å². The summed E-state index contributed by atoms with van der Waals surface area (Å²) in [6.45, 7) is 6.08. The van der Waals surface area contributed by atoms with Gasteiger partial charge in [-0.15, -0.1) is 0 Å². The van der Waals surface area contributed by atoms with Crippen molar-refractivity contribution in [3.63, 3.8) is 0 Å². The van der Waals surface area contributed by atoms with Crippen LogP contribution in [0.1, 0.15) is 20.8 Å². The molecule has 5 nitrogen and oxygen atoms in total. The summed E-state index contributed by atoms with van der Waals surface area (Å²) < 4.78 is 5.06. The molecule has 0 aliphatic carbocycles. The minimum Gasteiger partial charge on any atom is -0.463 e. The third kappa shape index (κ3) is 1.15. The lowest BCUT2D eigenvalue weighted by Gasteiger charge is -2.42. The van der Waals surface area contributed by atoms with E-state index in [9.17, 15) is 9.59 Å². The molecular formula is C10H14N2O3. The number of hydrogen-bond donors (Lipinski definition) is 0. The van der Waals surface area contributed by atoms with Gasteiger partial charge in [0.2, 0.25) is 5.54 Å². The predicted molar refractivity (Wildman–Crippen MR) is 51.4 cm³/mol. The lowest BCUT2D eigenvalue weighted by atomic mass is 9.66. The first-order chi connectivity index (χ1) is 6.91. The number of carbonyl (C=O) groups excluding carboxylic acids is 2. The largest absolute Gasteiger partial charge is 0.463 e. The van der Waals surface area contributed by atoms with Crippen LogP contribution in [0.4, 0.5) is 0 Å². The third-order valence-electron chi connectivity index (χ3n) is 3.36. The molecule has 0 aromatic heterocycles. The smallest absolute Gasteiger partial charge is 0.344 e. The zero-order valence-electron chi connectivity index (χ0n) is 9.11. The highest BCUT2D eigenvalue weighted by Gasteiger charge is 2.62. The molecule has 0 bridgehead atoms. The summed E-state index contributed by atoms with van der Waals surface area (Å²) >= 11 is 0. The fourth-order valence-corrected chi connectivity index (χ4v) is 2.35. The molecule has 0 radical (unpaired) electrons. The number of cyclic esters (lactones) is 1. The number of Topliss-reactive ketones (excluding diaryl/α,β-unsaturated/α-hetero) is 1. The summed E-state index contributed by atoms with van der Waals surface area (Å²) in [5, 5.41) is 7.74. The van der Waals surface area contributed by atoms with E-state index in [0.717, 1.165) is 0 Å². The van der Waals surface area contributed by atoms with E-state index in [1.165, 1.54) is 6.92 Å². The van der Waals surface area contributed by atoms with Crippen LogP contribution in [0.5, 0.6) is 0 Å². The first kappa shape index (κ1) is 10.3. The summed E-state index contributed by atoms with van der Waals surface area (Å²) in [4.78, 5) is 23.4. The Morgan fingerprint density at radius 1 is 1.53 bits per heavy atom. The topological polar surface area (TPSA) is 68.1 Å². The molecule has 0 aromatic rings. The van der Waals surface area contributed by atoms with Gasteiger partial charge in [0.1, 0.15) is 0 Å². The lowest BCUT2D eigenvalue weighted by Crippen LogP contribution is -2.59.